The lowest BCUT2D eigenvalue weighted by Gasteiger charge is -1.99. The molecule has 94 valence electrons. The Kier molecular flexibility index (Phi) is 4.09. The smallest absolute Gasteiger partial charge is 0.244 e. The van der Waals surface area contributed by atoms with E-state index in [0.717, 1.165) is 11.3 Å². The number of benzene rings is 1. The Labute approximate surface area is 110 Å². The van der Waals surface area contributed by atoms with E-state index < -0.39 is 0 Å². The fourth-order valence-electron chi connectivity index (χ4n) is 1.47. The van der Waals surface area contributed by atoms with E-state index in [4.69, 9.17) is 5.26 Å². The van der Waals surface area contributed by atoms with Crippen LogP contribution in [0.15, 0.2) is 42.6 Å². The minimum atomic E-state index is -0.182. The number of nitrogens with one attached hydrogen (secondary N) is 2. The summed E-state index contributed by atoms with van der Waals surface area (Å²) in [6, 6.07) is 10.8. The van der Waals surface area contributed by atoms with Gasteiger partial charge in [0.2, 0.25) is 5.91 Å². The number of aromatic nitrogens is 2. The first-order chi connectivity index (χ1) is 9.28. The monoisotopic (exact) mass is 252 g/mol. The summed E-state index contributed by atoms with van der Waals surface area (Å²) in [5.74, 6) is -0.182. The molecule has 2 aromatic rings. The predicted molar refractivity (Wildman–Crippen MR) is 70.6 cm³/mol. The topological polar surface area (TPSA) is 81.6 Å². The number of carbonyl (C=O) groups excluding carboxylic acids is 1. The third-order valence-corrected chi connectivity index (χ3v) is 2.48. The molecule has 1 heterocycles. The Balaban J connectivity index is 1.87. The third kappa shape index (κ3) is 3.82. The van der Waals surface area contributed by atoms with Crippen molar-refractivity contribution in [2.45, 2.75) is 6.54 Å². The maximum Gasteiger partial charge on any atom is 0.244 e. The fourth-order valence-corrected chi connectivity index (χ4v) is 1.47. The summed E-state index contributed by atoms with van der Waals surface area (Å²) in [5.41, 5.74) is 2.32. The Hall–Kier alpha value is -2.87. The number of aromatic amines is 1. The minimum absolute atomic E-state index is 0.182. The van der Waals surface area contributed by atoms with Crippen molar-refractivity contribution in [3.63, 3.8) is 0 Å². The van der Waals surface area contributed by atoms with E-state index in [-0.39, 0.29) is 5.91 Å². The Morgan fingerprint density at radius 1 is 1.37 bits per heavy atom. The number of hydrogen-bond donors (Lipinski definition) is 2. The van der Waals surface area contributed by atoms with Gasteiger partial charge in [0.05, 0.1) is 23.9 Å². The van der Waals surface area contributed by atoms with Crippen LogP contribution in [0.3, 0.4) is 0 Å². The zero-order valence-electron chi connectivity index (χ0n) is 10.1. The van der Waals surface area contributed by atoms with Gasteiger partial charge < -0.3 is 5.32 Å². The highest BCUT2D eigenvalue weighted by Crippen LogP contribution is 2.05. The average molecular weight is 252 g/mol. The molecule has 0 aliphatic heterocycles. The molecule has 0 saturated carbocycles. The zero-order chi connectivity index (χ0) is 13.5. The average Bonchev–Trinajstić information content (AvgIpc) is 2.96. The van der Waals surface area contributed by atoms with Crippen LogP contribution in [-0.2, 0) is 11.3 Å². The van der Waals surface area contributed by atoms with Crippen molar-refractivity contribution in [3.8, 4) is 6.07 Å². The van der Waals surface area contributed by atoms with Crippen LogP contribution < -0.4 is 5.32 Å². The van der Waals surface area contributed by atoms with Crippen LogP contribution in [0.4, 0.5) is 0 Å². The molecule has 19 heavy (non-hydrogen) atoms. The molecule has 1 amide bonds. The van der Waals surface area contributed by atoms with Crippen molar-refractivity contribution in [2.75, 3.05) is 0 Å². The van der Waals surface area contributed by atoms with Crippen LogP contribution in [-0.4, -0.2) is 16.1 Å². The molecule has 1 aromatic carbocycles. The number of carbonyl (C=O) groups is 1. The van der Waals surface area contributed by atoms with E-state index in [1.165, 1.54) is 6.08 Å². The summed E-state index contributed by atoms with van der Waals surface area (Å²) >= 11 is 0. The van der Waals surface area contributed by atoms with Gasteiger partial charge in [-0.1, -0.05) is 12.1 Å². The lowest BCUT2D eigenvalue weighted by molar-refractivity contribution is -0.116. The van der Waals surface area contributed by atoms with E-state index in [1.54, 1.807) is 42.6 Å². The molecule has 0 bridgehead atoms. The normalized spacial score (nSPS) is 10.3. The van der Waals surface area contributed by atoms with Gasteiger partial charge in [0.25, 0.3) is 0 Å². The maximum atomic E-state index is 11.6. The molecular formula is C14H12N4O. The second-order valence-corrected chi connectivity index (χ2v) is 3.87. The highest BCUT2D eigenvalue weighted by molar-refractivity contribution is 5.91. The van der Waals surface area contributed by atoms with Gasteiger partial charge in [-0.3, -0.25) is 9.89 Å². The molecule has 0 aliphatic carbocycles. The van der Waals surface area contributed by atoms with Crippen LogP contribution in [0.1, 0.15) is 16.8 Å². The van der Waals surface area contributed by atoms with Gasteiger partial charge in [-0.2, -0.15) is 10.4 Å². The number of nitrogens with zero attached hydrogens (tertiary/aromatic N) is 2. The zero-order valence-corrected chi connectivity index (χ0v) is 10.1. The number of H-pyrrole nitrogens is 1. The molecule has 2 N–H and O–H groups in total. The van der Waals surface area contributed by atoms with Gasteiger partial charge in [-0.15, -0.1) is 0 Å². The van der Waals surface area contributed by atoms with Crippen molar-refractivity contribution in [2.24, 2.45) is 0 Å². The fraction of sp³-hybridized carbons (Fsp3) is 0.0714. The summed E-state index contributed by atoms with van der Waals surface area (Å²) in [7, 11) is 0. The molecule has 0 aliphatic rings. The van der Waals surface area contributed by atoms with E-state index >= 15 is 0 Å². The number of amides is 1. The van der Waals surface area contributed by atoms with Gasteiger partial charge >= 0.3 is 0 Å². The molecule has 0 fully saturated rings. The molecular weight excluding hydrogens is 240 g/mol. The Morgan fingerprint density at radius 3 is 2.79 bits per heavy atom. The second-order valence-electron chi connectivity index (χ2n) is 3.87. The number of nitriles is 1. The molecule has 5 heteroatoms. The first kappa shape index (κ1) is 12.6. The highest BCUT2D eigenvalue weighted by atomic mass is 16.1. The van der Waals surface area contributed by atoms with Gasteiger partial charge in [0.1, 0.15) is 0 Å². The standard InChI is InChI=1S/C14H12N4O/c15-9-12-3-1-11(2-4-12)5-6-14(19)16-10-13-7-8-17-18-13/h1-8H,10H2,(H,16,19)(H,17,18)/b6-5+. The second kappa shape index (κ2) is 6.17. The number of hydrogen-bond acceptors (Lipinski definition) is 3. The third-order valence-electron chi connectivity index (χ3n) is 2.48. The molecule has 0 unspecified atom stereocenters. The first-order valence-electron chi connectivity index (χ1n) is 5.72. The molecule has 5 nitrogen and oxygen atoms in total. The molecule has 0 saturated heterocycles. The van der Waals surface area contributed by atoms with E-state index in [1.807, 2.05) is 6.07 Å². The van der Waals surface area contributed by atoms with E-state index in [9.17, 15) is 4.79 Å². The molecule has 2 rings (SSSR count). The van der Waals surface area contributed by atoms with Gasteiger partial charge in [0.15, 0.2) is 0 Å². The summed E-state index contributed by atoms with van der Waals surface area (Å²) in [4.78, 5) is 11.6. The van der Waals surface area contributed by atoms with Crippen LogP contribution in [0.5, 0.6) is 0 Å². The largest absolute Gasteiger partial charge is 0.347 e. The van der Waals surface area contributed by atoms with Crippen molar-refractivity contribution < 1.29 is 4.79 Å². The minimum Gasteiger partial charge on any atom is -0.347 e. The van der Waals surface area contributed by atoms with Crippen LogP contribution in [0.25, 0.3) is 6.08 Å². The summed E-state index contributed by atoms with van der Waals surface area (Å²) in [6.07, 6.45) is 4.79. The van der Waals surface area contributed by atoms with Gasteiger partial charge in [-0.05, 0) is 29.8 Å². The Morgan fingerprint density at radius 2 is 2.16 bits per heavy atom. The predicted octanol–water partition coefficient (Wildman–Crippen LogP) is 1.61. The quantitative estimate of drug-likeness (QED) is 0.811. The molecule has 1 aromatic heterocycles. The van der Waals surface area contributed by atoms with E-state index in [0.29, 0.717) is 12.1 Å². The van der Waals surface area contributed by atoms with Crippen LogP contribution in [0.2, 0.25) is 0 Å². The summed E-state index contributed by atoms with van der Waals surface area (Å²) in [6.45, 7) is 0.413. The van der Waals surface area contributed by atoms with Gasteiger partial charge in [0, 0.05) is 12.3 Å². The SMILES string of the molecule is N#Cc1ccc(/C=C/C(=O)NCc2ccn[nH]2)cc1. The summed E-state index contributed by atoms with van der Waals surface area (Å²) < 4.78 is 0. The Bertz CT molecular complexity index is 606. The van der Waals surface area contributed by atoms with E-state index in [2.05, 4.69) is 15.5 Å². The van der Waals surface area contributed by atoms with Crippen LogP contribution in [0, 0.1) is 11.3 Å². The van der Waals surface area contributed by atoms with Crippen molar-refractivity contribution >= 4 is 12.0 Å². The lowest BCUT2D eigenvalue weighted by Crippen LogP contribution is -2.20. The number of rotatable bonds is 4. The van der Waals surface area contributed by atoms with Crippen molar-refractivity contribution in [1.82, 2.24) is 15.5 Å². The summed E-state index contributed by atoms with van der Waals surface area (Å²) in [5, 5.41) is 17.9. The lowest BCUT2D eigenvalue weighted by atomic mass is 10.1. The van der Waals surface area contributed by atoms with Crippen LogP contribution >= 0.6 is 0 Å². The molecule has 0 atom stereocenters. The van der Waals surface area contributed by atoms with Crippen molar-refractivity contribution in [1.29, 1.82) is 5.26 Å². The molecule has 0 spiro atoms. The van der Waals surface area contributed by atoms with Crippen molar-refractivity contribution in [3.05, 3.63) is 59.4 Å². The maximum absolute atomic E-state index is 11.6. The molecule has 0 radical (unpaired) electrons. The van der Waals surface area contributed by atoms with Gasteiger partial charge in [-0.25, -0.2) is 0 Å². The first-order valence-corrected chi connectivity index (χ1v) is 5.72. The highest BCUT2D eigenvalue weighted by Gasteiger charge is 1.97.